The third-order valence-corrected chi connectivity index (χ3v) is 2.55. The Morgan fingerprint density at radius 1 is 1.38 bits per heavy atom. The van der Waals surface area contributed by atoms with Gasteiger partial charge >= 0.3 is 0 Å². The molecule has 0 saturated carbocycles. The van der Waals surface area contributed by atoms with Gasteiger partial charge in [-0.05, 0) is 25.0 Å². The Hall–Kier alpha value is -1.42. The van der Waals surface area contributed by atoms with Gasteiger partial charge in [0, 0.05) is 13.0 Å². The van der Waals surface area contributed by atoms with E-state index in [0.29, 0.717) is 17.1 Å². The average Bonchev–Trinajstić information content (AvgIpc) is 2.23. The molecule has 0 aromatic heterocycles. The fourth-order valence-electron chi connectivity index (χ4n) is 1.34. The van der Waals surface area contributed by atoms with E-state index >= 15 is 0 Å². The zero-order chi connectivity index (χ0) is 12.0. The highest BCUT2D eigenvalue weighted by Gasteiger charge is 2.01. The molecule has 0 saturated heterocycles. The number of benzene rings is 1. The number of nitrogens with one attached hydrogen (secondary N) is 1. The molecule has 0 atom stereocenters. The van der Waals surface area contributed by atoms with Crippen molar-refractivity contribution in [3.05, 3.63) is 23.2 Å². The third kappa shape index (κ3) is 3.98. The first kappa shape index (κ1) is 12.6. The summed E-state index contributed by atoms with van der Waals surface area (Å²) in [7, 11) is 0. The van der Waals surface area contributed by atoms with Gasteiger partial charge in [0.2, 0.25) is 5.91 Å². The number of amides is 1. The van der Waals surface area contributed by atoms with E-state index in [0.717, 1.165) is 25.1 Å². The highest BCUT2D eigenvalue weighted by Crippen LogP contribution is 2.26. The first-order valence-electron chi connectivity index (χ1n) is 5.17. The van der Waals surface area contributed by atoms with Crippen LogP contribution in [0.3, 0.4) is 0 Å². The lowest BCUT2D eigenvalue weighted by molar-refractivity contribution is -0.118. The van der Waals surface area contributed by atoms with E-state index in [1.54, 1.807) is 6.07 Å². The molecule has 4 nitrogen and oxygen atoms in total. The van der Waals surface area contributed by atoms with Crippen LogP contribution in [-0.2, 0) is 4.79 Å². The van der Waals surface area contributed by atoms with E-state index in [4.69, 9.17) is 23.1 Å². The summed E-state index contributed by atoms with van der Waals surface area (Å²) in [6.45, 7) is 0.748. The molecule has 1 rings (SSSR count). The molecule has 0 aliphatic carbocycles. The number of anilines is 2. The summed E-state index contributed by atoms with van der Waals surface area (Å²) in [5.74, 6) is -0.262. The van der Waals surface area contributed by atoms with Crippen molar-refractivity contribution in [1.29, 1.82) is 0 Å². The minimum Gasteiger partial charge on any atom is -0.396 e. The predicted octanol–water partition coefficient (Wildman–Crippen LogP) is 1.99. The number of nitrogens with two attached hydrogens (primary N) is 2. The van der Waals surface area contributed by atoms with E-state index in [2.05, 4.69) is 5.32 Å². The molecule has 5 heteroatoms. The van der Waals surface area contributed by atoms with Gasteiger partial charge in [0.1, 0.15) is 0 Å². The van der Waals surface area contributed by atoms with Gasteiger partial charge in [0.05, 0.1) is 16.4 Å². The molecular weight excluding hydrogens is 226 g/mol. The van der Waals surface area contributed by atoms with Gasteiger partial charge in [-0.25, -0.2) is 0 Å². The standard InChI is InChI=1S/C11H16ClN3O/c12-8-4-3-5-9(11(8)14)15-7-2-1-6-10(13)16/h3-5,15H,1-2,6-7,14H2,(H2,13,16). The average molecular weight is 242 g/mol. The minimum atomic E-state index is -0.262. The van der Waals surface area contributed by atoms with Gasteiger partial charge in [-0.1, -0.05) is 17.7 Å². The van der Waals surface area contributed by atoms with Gasteiger partial charge in [0.25, 0.3) is 0 Å². The molecule has 88 valence electrons. The minimum absolute atomic E-state index is 0.262. The predicted molar refractivity (Wildman–Crippen MR) is 67.4 cm³/mol. The Labute approximate surface area is 100.0 Å². The number of unbranched alkanes of at least 4 members (excludes halogenated alkanes) is 1. The summed E-state index contributed by atoms with van der Waals surface area (Å²) in [6.07, 6.45) is 2.07. The van der Waals surface area contributed by atoms with Crippen molar-refractivity contribution < 1.29 is 4.79 Å². The van der Waals surface area contributed by atoms with Crippen LogP contribution < -0.4 is 16.8 Å². The first-order valence-corrected chi connectivity index (χ1v) is 5.55. The Bertz CT molecular complexity index is 368. The summed E-state index contributed by atoms with van der Waals surface area (Å²) in [5.41, 5.74) is 12.2. The Morgan fingerprint density at radius 3 is 2.81 bits per heavy atom. The van der Waals surface area contributed by atoms with Crippen LogP contribution >= 0.6 is 11.6 Å². The fourth-order valence-corrected chi connectivity index (χ4v) is 1.51. The molecule has 0 aliphatic rings. The molecule has 0 aliphatic heterocycles. The van der Waals surface area contributed by atoms with Gasteiger partial charge in [-0.2, -0.15) is 0 Å². The largest absolute Gasteiger partial charge is 0.396 e. The SMILES string of the molecule is NC(=O)CCCCNc1cccc(Cl)c1N. The lowest BCUT2D eigenvalue weighted by Gasteiger charge is -2.09. The normalized spacial score (nSPS) is 10.1. The highest BCUT2D eigenvalue weighted by atomic mass is 35.5. The van der Waals surface area contributed by atoms with Crippen molar-refractivity contribution in [3.8, 4) is 0 Å². The van der Waals surface area contributed by atoms with Crippen molar-refractivity contribution in [2.24, 2.45) is 5.73 Å². The van der Waals surface area contributed by atoms with Crippen LogP contribution in [0, 0.1) is 0 Å². The molecule has 0 fully saturated rings. The van der Waals surface area contributed by atoms with Crippen molar-refractivity contribution in [3.63, 3.8) is 0 Å². The van der Waals surface area contributed by atoms with Crippen molar-refractivity contribution in [1.82, 2.24) is 0 Å². The lowest BCUT2D eigenvalue weighted by Crippen LogP contribution is -2.11. The van der Waals surface area contributed by atoms with E-state index in [1.165, 1.54) is 0 Å². The Balaban J connectivity index is 2.32. The Morgan fingerprint density at radius 2 is 2.12 bits per heavy atom. The second kappa shape index (κ2) is 6.23. The van der Waals surface area contributed by atoms with Crippen LogP contribution in [-0.4, -0.2) is 12.5 Å². The summed E-state index contributed by atoms with van der Waals surface area (Å²) >= 11 is 5.87. The van der Waals surface area contributed by atoms with Gasteiger partial charge in [-0.15, -0.1) is 0 Å². The summed E-state index contributed by atoms with van der Waals surface area (Å²) in [5, 5.41) is 3.71. The molecule has 0 unspecified atom stereocenters. The maximum absolute atomic E-state index is 10.5. The van der Waals surface area contributed by atoms with Crippen LogP contribution in [0.1, 0.15) is 19.3 Å². The molecule has 0 bridgehead atoms. The third-order valence-electron chi connectivity index (χ3n) is 2.22. The van der Waals surface area contributed by atoms with Crippen LogP contribution in [0.25, 0.3) is 0 Å². The van der Waals surface area contributed by atoms with Crippen molar-refractivity contribution >= 4 is 28.9 Å². The highest BCUT2D eigenvalue weighted by molar-refractivity contribution is 6.33. The van der Waals surface area contributed by atoms with Crippen LogP contribution in [0.4, 0.5) is 11.4 Å². The summed E-state index contributed by atoms with van der Waals surface area (Å²) < 4.78 is 0. The number of carbonyl (C=O) groups excluding carboxylic acids is 1. The number of para-hydroxylation sites is 1. The molecule has 1 aromatic carbocycles. The molecule has 0 heterocycles. The van der Waals surface area contributed by atoms with Crippen LogP contribution in [0.15, 0.2) is 18.2 Å². The monoisotopic (exact) mass is 241 g/mol. The van der Waals surface area contributed by atoms with Crippen molar-refractivity contribution in [2.75, 3.05) is 17.6 Å². The van der Waals surface area contributed by atoms with Gasteiger partial charge < -0.3 is 16.8 Å². The van der Waals surface area contributed by atoms with Gasteiger partial charge in [0.15, 0.2) is 0 Å². The second-order valence-corrected chi connectivity index (χ2v) is 3.96. The number of hydrogen-bond donors (Lipinski definition) is 3. The molecular formula is C11H16ClN3O. The van der Waals surface area contributed by atoms with Crippen LogP contribution in [0.2, 0.25) is 5.02 Å². The maximum Gasteiger partial charge on any atom is 0.217 e. The van der Waals surface area contributed by atoms with Crippen LogP contribution in [0.5, 0.6) is 0 Å². The Kier molecular flexibility index (Phi) is 4.92. The van der Waals surface area contributed by atoms with E-state index in [9.17, 15) is 4.79 Å². The number of rotatable bonds is 6. The lowest BCUT2D eigenvalue weighted by atomic mass is 10.2. The maximum atomic E-state index is 10.5. The van der Waals surface area contributed by atoms with E-state index in [-0.39, 0.29) is 5.91 Å². The fraction of sp³-hybridized carbons (Fsp3) is 0.364. The first-order chi connectivity index (χ1) is 7.61. The molecule has 0 radical (unpaired) electrons. The zero-order valence-corrected chi connectivity index (χ0v) is 9.76. The number of primary amides is 1. The van der Waals surface area contributed by atoms with E-state index < -0.39 is 0 Å². The van der Waals surface area contributed by atoms with E-state index in [1.807, 2.05) is 12.1 Å². The summed E-state index contributed by atoms with van der Waals surface area (Å²) in [6, 6.07) is 5.45. The van der Waals surface area contributed by atoms with Crippen molar-refractivity contribution in [2.45, 2.75) is 19.3 Å². The number of nitrogen functional groups attached to an aromatic ring is 1. The molecule has 1 aromatic rings. The molecule has 0 spiro atoms. The topological polar surface area (TPSA) is 81.1 Å². The quantitative estimate of drug-likeness (QED) is 0.526. The zero-order valence-electron chi connectivity index (χ0n) is 9.00. The van der Waals surface area contributed by atoms with Gasteiger partial charge in [-0.3, -0.25) is 4.79 Å². The molecule has 1 amide bonds. The number of halogens is 1. The molecule has 16 heavy (non-hydrogen) atoms. The number of carbonyl (C=O) groups is 1. The number of hydrogen-bond acceptors (Lipinski definition) is 3. The smallest absolute Gasteiger partial charge is 0.217 e. The summed E-state index contributed by atoms with van der Waals surface area (Å²) in [4.78, 5) is 10.5. The second-order valence-electron chi connectivity index (χ2n) is 3.55. The molecule has 5 N–H and O–H groups in total.